The number of aromatic hydroxyl groups is 1. The average molecular weight is 383 g/mol. The number of halogens is 1. The van der Waals surface area contributed by atoms with Gasteiger partial charge >= 0.3 is 0 Å². The van der Waals surface area contributed by atoms with E-state index in [0.717, 1.165) is 0 Å². The molecule has 23 heavy (non-hydrogen) atoms. The zero-order valence-corrected chi connectivity index (χ0v) is 14.4. The second kappa shape index (κ2) is 6.41. The number of hydrogen-bond donors (Lipinski definition) is 2. The van der Waals surface area contributed by atoms with E-state index < -0.39 is 16.8 Å². The molecule has 122 valence electrons. The van der Waals surface area contributed by atoms with Gasteiger partial charge in [-0.15, -0.1) is 0 Å². The summed E-state index contributed by atoms with van der Waals surface area (Å²) in [4.78, 5) is 36.5. The van der Waals surface area contributed by atoms with E-state index in [1.54, 1.807) is 21.0 Å². The van der Waals surface area contributed by atoms with Crippen molar-refractivity contribution in [2.24, 2.45) is 0 Å². The minimum Gasteiger partial charge on any atom is -0.505 e. The number of anilines is 2. The van der Waals surface area contributed by atoms with Crippen LogP contribution in [0.15, 0.2) is 26.2 Å². The molecule has 2 aromatic carbocycles. The molecule has 2 rings (SSSR count). The Morgan fingerprint density at radius 1 is 1.30 bits per heavy atom. The quantitative estimate of drug-likeness (QED) is 0.602. The summed E-state index contributed by atoms with van der Waals surface area (Å²) in [6.07, 6.45) is 0. The first-order chi connectivity index (χ1) is 10.8. The summed E-state index contributed by atoms with van der Waals surface area (Å²) < 4.78 is 5.64. The number of nitrogens with one attached hydrogen (secondary N) is 1. The molecule has 0 aromatic heterocycles. The van der Waals surface area contributed by atoms with Crippen molar-refractivity contribution in [2.75, 3.05) is 26.0 Å². The second-order valence-electron chi connectivity index (χ2n) is 4.97. The smallest absolute Gasteiger partial charge is 0.272 e. The third kappa shape index (κ3) is 3.07. The summed E-state index contributed by atoms with van der Waals surface area (Å²) in [6.45, 7) is 1.92. The van der Waals surface area contributed by atoms with Gasteiger partial charge in [0.05, 0.1) is 17.9 Å². The van der Waals surface area contributed by atoms with E-state index in [0.29, 0.717) is 4.47 Å². The van der Waals surface area contributed by atoms with Crippen LogP contribution in [0, 0.1) is 0 Å². The van der Waals surface area contributed by atoms with Crippen LogP contribution in [0.25, 0.3) is 0 Å². The number of rotatable bonds is 5. The first kappa shape index (κ1) is 17.0. The lowest BCUT2D eigenvalue weighted by Gasteiger charge is -2.17. The standard InChI is InChI=1S/C15H15BrN2O5/c1-4-23-14-10(12(20)13(14)21)17-9-6-7(16)5-8(11(9)19)15(22)18(2)3/h5-6,17,19H,4H2,1-3H3. The Bertz CT molecular complexity index is 837. The van der Waals surface area contributed by atoms with Crippen LogP contribution in [0.3, 0.4) is 0 Å². The molecular formula is C15H15BrN2O5. The zero-order valence-electron chi connectivity index (χ0n) is 12.8. The minimum absolute atomic E-state index is 0.0338. The fraction of sp³-hybridized carbons (Fsp3) is 0.267. The van der Waals surface area contributed by atoms with E-state index in [-0.39, 0.29) is 35.0 Å². The average Bonchev–Trinajstić information content (AvgIpc) is 2.52. The van der Waals surface area contributed by atoms with Crippen LogP contribution in [0.1, 0.15) is 17.3 Å². The number of carbonyl (C=O) groups is 1. The maximum atomic E-state index is 12.1. The molecule has 8 heteroatoms. The van der Waals surface area contributed by atoms with Crippen LogP contribution < -0.4 is 20.9 Å². The predicted octanol–water partition coefficient (Wildman–Crippen LogP) is 1.59. The molecule has 0 atom stereocenters. The number of phenols is 1. The van der Waals surface area contributed by atoms with Crippen molar-refractivity contribution >= 4 is 33.2 Å². The van der Waals surface area contributed by atoms with Crippen molar-refractivity contribution in [3.8, 4) is 11.5 Å². The highest BCUT2D eigenvalue weighted by Gasteiger charge is 2.25. The molecule has 0 aliphatic rings. The fourth-order valence-electron chi connectivity index (χ4n) is 2.00. The first-order valence-electron chi connectivity index (χ1n) is 6.75. The van der Waals surface area contributed by atoms with Gasteiger partial charge in [0.1, 0.15) is 5.69 Å². The molecule has 0 heterocycles. The maximum Gasteiger partial charge on any atom is 0.272 e. The Morgan fingerprint density at radius 2 is 1.96 bits per heavy atom. The number of benzene rings is 1. The minimum atomic E-state index is -0.728. The zero-order chi connectivity index (χ0) is 17.3. The SMILES string of the molecule is CCOc1c(Nc2cc(Br)cc(C(=O)N(C)C)c2O)c(=O)c1=O. The van der Waals surface area contributed by atoms with E-state index in [4.69, 9.17) is 4.74 Å². The number of ether oxygens (including phenoxy) is 1. The largest absolute Gasteiger partial charge is 0.505 e. The lowest BCUT2D eigenvalue weighted by molar-refractivity contribution is 0.0824. The van der Waals surface area contributed by atoms with Crippen LogP contribution in [0.2, 0.25) is 0 Å². The summed E-state index contributed by atoms with van der Waals surface area (Å²) in [7, 11) is 3.11. The van der Waals surface area contributed by atoms with E-state index >= 15 is 0 Å². The molecule has 0 aliphatic carbocycles. The summed E-state index contributed by atoms with van der Waals surface area (Å²) in [5, 5.41) is 12.9. The topological polar surface area (TPSA) is 95.9 Å². The third-order valence-corrected chi connectivity index (χ3v) is 3.58. The molecule has 2 aromatic rings. The molecule has 0 fully saturated rings. The lowest BCUT2D eigenvalue weighted by Crippen LogP contribution is -2.35. The number of phenolic OH excluding ortho intramolecular Hbond substituents is 1. The Hall–Kier alpha value is -2.35. The Labute approximate surface area is 140 Å². The monoisotopic (exact) mass is 382 g/mol. The lowest BCUT2D eigenvalue weighted by atomic mass is 10.1. The van der Waals surface area contributed by atoms with Crippen molar-refractivity contribution < 1.29 is 14.6 Å². The van der Waals surface area contributed by atoms with Crippen molar-refractivity contribution in [3.05, 3.63) is 42.6 Å². The van der Waals surface area contributed by atoms with Crippen LogP contribution in [0.4, 0.5) is 11.4 Å². The highest BCUT2D eigenvalue weighted by molar-refractivity contribution is 9.10. The molecule has 1 amide bonds. The fourth-order valence-corrected chi connectivity index (χ4v) is 2.46. The number of nitrogens with zero attached hydrogens (tertiary/aromatic N) is 1. The van der Waals surface area contributed by atoms with Gasteiger partial charge in [0.25, 0.3) is 16.8 Å². The normalized spacial score (nSPS) is 10.6. The maximum absolute atomic E-state index is 12.1. The summed E-state index contributed by atoms with van der Waals surface area (Å²) in [5.41, 5.74) is -1.29. The van der Waals surface area contributed by atoms with Crippen LogP contribution >= 0.6 is 15.9 Å². The molecule has 0 aliphatic heterocycles. The number of carbonyl (C=O) groups excluding carboxylic acids is 1. The highest BCUT2D eigenvalue weighted by Crippen LogP contribution is 2.35. The summed E-state index contributed by atoms with van der Waals surface area (Å²) >= 11 is 3.25. The summed E-state index contributed by atoms with van der Waals surface area (Å²) in [5.74, 6) is -0.790. The number of amides is 1. The molecule has 0 unspecified atom stereocenters. The molecule has 0 spiro atoms. The number of hydrogen-bond acceptors (Lipinski definition) is 6. The van der Waals surface area contributed by atoms with E-state index in [1.807, 2.05) is 0 Å². The highest BCUT2D eigenvalue weighted by atomic mass is 79.9. The molecular weight excluding hydrogens is 368 g/mol. The predicted molar refractivity (Wildman–Crippen MR) is 89.6 cm³/mol. The van der Waals surface area contributed by atoms with Gasteiger partial charge in [-0.3, -0.25) is 14.4 Å². The van der Waals surface area contributed by atoms with Gasteiger partial charge < -0.3 is 20.1 Å². The van der Waals surface area contributed by atoms with Gasteiger partial charge in [-0.2, -0.15) is 0 Å². The van der Waals surface area contributed by atoms with E-state index in [2.05, 4.69) is 21.2 Å². The second-order valence-corrected chi connectivity index (χ2v) is 5.89. The van der Waals surface area contributed by atoms with Gasteiger partial charge in [0, 0.05) is 18.6 Å². The van der Waals surface area contributed by atoms with Gasteiger partial charge in [-0.1, -0.05) is 15.9 Å². The van der Waals surface area contributed by atoms with Gasteiger partial charge in [0.15, 0.2) is 11.5 Å². The molecule has 7 nitrogen and oxygen atoms in total. The van der Waals surface area contributed by atoms with Crippen LogP contribution in [0.5, 0.6) is 11.5 Å². The third-order valence-electron chi connectivity index (χ3n) is 3.13. The molecule has 2 N–H and O–H groups in total. The Morgan fingerprint density at radius 3 is 2.52 bits per heavy atom. The van der Waals surface area contributed by atoms with Gasteiger partial charge in [-0.05, 0) is 19.1 Å². The van der Waals surface area contributed by atoms with Crippen LogP contribution in [-0.4, -0.2) is 36.6 Å². The molecule has 0 saturated heterocycles. The van der Waals surface area contributed by atoms with Gasteiger partial charge in [0.2, 0.25) is 0 Å². The molecule has 0 bridgehead atoms. The Kier molecular flexibility index (Phi) is 4.74. The van der Waals surface area contributed by atoms with Crippen molar-refractivity contribution in [3.63, 3.8) is 0 Å². The summed E-state index contributed by atoms with van der Waals surface area (Å²) in [6, 6.07) is 2.96. The Balaban J connectivity index is 2.46. The molecule has 0 radical (unpaired) electrons. The van der Waals surface area contributed by atoms with Gasteiger partial charge in [-0.25, -0.2) is 0 Å². The molecule has 0 saturated carbocycles. The van der Waals surface area contributed by atoms with E-state index in [1.165, 1.54) is 17.0 Å². The van der Waals surface area contributed by atoms with E-state index in [9.17, 15) is 19.5 Å². The van der Waals surface area contributed by atoms with Crippen molar-refractivity contribution in [2.45, 2.75) is 6.92 Å². The first-order valence-corrected chi connectivity index (χ1v) is 7.54. The van der Waals surface area contributed by atoms with Crippen molar-refractivity contribution in [1.29, 1.82) is 0 Å². The van der Waals surface area contributed by atoms with Crippen molar-refractivity contribution in [1.82, 2.24) is 4.90 Å². The van der Waals surface area contributed by atoms with Crippen LogP contribution in [-0.2, 0) is 0 Å².